The van der Waals surface area contributed by atoms with E-state index in [0.29, 0.717) is 13.2 Å². The molecule has 0 bridgehead atoms. The Bertz CT molecular complexity index is 998. The standard InChI is InChI=1S/C27H30N2O3/c1-29(18-15-21-13-14-24-25(19-21)32-20-31-24)17-8-16-27(26(28)30,22-9-4-2-5-10-22)23-11-6-3-7-12-23/h2-7,9-14,19H,8,15-18,20H2,1H3,(H2,28,30). The number of benzene rings is 3. The van der Waals surface area contributed by atoms with Gasteiger partial charge in [0.1, 0.15) is 0 Å². The van der Waals surface area contributed by atoms with E-state index in [-0.39, 0.29) is 5.91 Å². The van der Waals surface area contributed by atoms with Crippen LogP contribution < -0.4 is 15.2 Å². The molecule has 5 nitrogen and oxygen atoms in total. The van der Waals surface area contributed by atoms with Gasteiger partial charge in [0.15, 0.2) is 11.5 Å². The fourth-order valence-electron chi connectivity index (χ4n) is 4.45. The molecule has 5 heteroatoms. The quantitative estimate of drug-likeness (QED) is 0.525. The molecular formula is C27H30N2O3. The van der Waals surface area contributed by atoms with Crippen LogP contribution in [0.1, 0.15) is 29.5 Å². The van der Waals surface area contributed by atoms with E-state index in [1.807, 2.05) is 66.7 Å². The summed E-state index contributed by atoms with van der Waals surface area (Å²) in [6, 6.07) is 25.9. The third-order valence-corrected chi connectivity index (χ3v) is 6.26. The number of ether oxygens (including phenoxy) is 2. The second-order valence-electron chi connectivity index (χ2n) is 8.35. The summed E-state index contributed by atoms with van der Waals surface area (Å²) in [5, 5.41) is 0. The normalized spacial score (nSPS) is 12.8. The molecule has 3 aromatic rings. The maximum Gasteiger partial charge on any atom is 0.232 e. The molecule has 1 aliphatic rings. The average Bonchev–Trinajstić information content (AvgIpc) is 3.29. The largest absolute Gasteiger partial charge is 0.454 e. The van der Waals surface area contributed by atoms with Gasteiger partial charge < -0.3 is 20.1 Å². The van der Waals surface area contributed by atoms with E-state index in [1.54, 1.807) is 0 Å². The summed E-state index contributed by atoms with van der Waals surface area (Å²) in [5.74, 6) is 1.33. The first-order chi connectivity index (χ1) is 15.6. The summed E-state index contributed by atoms with van der Waals surface area (Å²) in [6.45, 7) is 2.09. The number of carbonyl (C=O) groups excluding carboxylic acids is 1. The van der Waals surface area contributed by atoms with Crippen LogP contribution >= 0.6 is 0 Å². The summed E-state index contributed by atoms with van der Waals surface area (Å²) >= 11 is 0. The lowest BCUT2D eigenvalue weighted by molar-refractivity contribution is -0.122. The molecule has 166 valence electrons. The van der Waals surface area contributed by atoms with Crippen molar-refractivity contribution >= 4 is 5.91 Å². The molecule has 3 aromatic carbocycles. The fourth-order valence-corrected chi connectivity index (χ4v) is 4.45. The Morgan fingerprint density at radius 1 is 0.906 bits per heavy atom. The Hall–Kier alpha value is -3.31. The van der Waals surface area contributed by atoms with E-state index in [2.05, 4.69) is 24.1 Å². The second-order valence-corrected chi connectivity index (χ2v) is 8.35. The van der Waals surface area contributed by atoms with Gasteiger partial charge in [0, 0.05) is 6.54 Å². The SMILES string of the molecule is CN(CCCC(C(N)=O)(c1ccccc1)c1ccccc1)CCc1ccc2c(c1)OCO2. The topological polar surface area (TPSA) is 64.8 Å². The number of likely N-dealkylation sites (N-methyl/N-ethyl adjacent to an activating group) is 1. The number of hydrogen-bond acceptors (Lipinski definition) is 4. The van der Waals surface area contributed by atoms with Gasteiger partial charge in [-0.2, -0.15) is 0 Å². The number of carbonyl (C=O) groups is 1. The van der Waals surface area contributed by atoms with Crippen molar-refractivity contribution in [3.8, 4) is 11.5 Å². The van der Waals surface area contributed by atoms with E-state index in [1.165, 1.54) is 5.56 Å². The molecule has 0 saturated heterocycles. The summed E-state index contributed by atoms with van der Waals surface area (Å²) in [6.07, 6.45) is 2.43. The Morgan fingerprint density at radius 3 is 2.16 bits per heavy atom. The fraction of sp³-hybridized carbons (Fsp3) is 0.296. The van der Waals surface area contributed by atoms with Gasteiger partial charge in [-0.05, 0) is 61.7 Å². The zero-order chi connectivity index (χ0) is 22.4. The molecule has 0 spiro atoms. The lowest BCUT2D eigenvalue weighted by atomic mass is 9.70. The van der Waals surface area contributed by atoms with Gasteiger partial charge in [0.2, 0.25) is 12.7 Å². The zero-order valence-electron chi connectivity index (χ0n) is 18.5. The first-order valence-corrected chi connectivity index (χ1v) is 11.1. The van der Waals surface area contributed by atoms with Crippen molar-refractivity contribution in [2.45, 2.75) is 24.7 Å². The van der Waals surface area contributed by atoms with Gasteiger partial charge in [0.25, 0.3) is 0 Å². The Balaban J connectivity index is 1.41. The van der Waals surface area contributed by atoms with Crippen molar-refractivity contribution in [3.63, 3.8) is 0 Å². The molecule has 4 rings (SSSR count). The molecule has 0 atom stereocenters. The van der Waals surface area contributed by atoms with Crippen molar-refractivity contribution in [2.24, 2.45) is 5.73 Å². The Kier molecular flexibility index (Phi) is 6.76. The molecule has 2 N–H and O–H groups in total. The minimum Gasteiger partial charge on any atom is -0.454 e. The number of primary amides is 1. The molecule has 0 fully saturated rings. The van der Waals surface area contributed by atoms with E-state index >= 15 is 0 Å². The summed E-state index contributed by atoms with van der Waals surface area (Å²) in [4.78, 5) is 15.2. The van der Waals surface area contributed by atoms with E-state index in [4.69, 9.17) is 15.2 Å². The third kappa shape index (κ3) is 4.63. The Labute approximate surface area is 189 Å². The third-order valence-electron chi connectivity index (χ3n) is 6.26. The zero-order valence-corrected chi connectivity index (χ0v) is 18.5. The van der Waals surface area contributed by atoms with Crippen molar-refractivity contribution in [1.29, 1.82) is 0 Å². The first-order valence-electron chi connectivity index (χ1n) is 11.1. The van der Waals surface area contributed by atoms with Gasteiger partial charge in [0.05, 0.1) is 5.41 Å². The van der Waals surface area contributed by atoms with Crippen LogP contribution in [0.15, 0.2) is 78.9 Å². The van der Waals surface area contributed by atoms with E-state index in [0.717, 1.165) is 48.6 Å². The van der Waals surface area contributed by atoms with Gasteiger partial charge >= 0.3 is 0 Å². The van der Waals surface area contributed by atoms with Crippen molar-refractivity contribution in [2.75, 3.05) is 26.9 Å². The van der Waals surface area contributed by atoms with Crippen LogP contribution in [-0.2, 0) is 16.6 Å². The number of nitrogens with zero attached hydrogens (tertiary/aromatic N) is 1. The monoisotopic (exact) mass is 430 g/mol. The van der Waals surface area contributed by atoms with Crippen molar-refractivity contribution < 1.29 is 14.3 Å². The minimum atomic E-state index is -0.833. The van der Waals surface area contributed by atoms with Crippen LogP contribution in [0.5, 0.6) is 11.5 Å². The highest BCUT2D eigenvalue weighted by molar-refractivity contribution is 5.90. The summed E-state index contributed by atoms with van der Waals surface area (Å²) in [5.41, 5.74) is 8.34. The lowest BCUT2D eigenvalue weighted by Crippen LogP contribution is -2.43. The van der Waals surface area contributed by atoms with Gasteiger partial charge in [-0.3, -0.25) is 4.79 Å². The van der Waals surface area contributed by atoms with E-state index < -0.39 is 5.41 Å². The smallest absolute Gasteiger partial charge is 0.232 e. The number of fused-ring (bicyclic) bond motifs is 1. The maximum atomic E-state index is 12.9. The van der Waals surface area contributed by atoms with Crippen LogP contribution in [0.4, 0.5) is 0 Å². The number of nitrogens with two attached hydrogens (primary N) is 1. The summed E-state index contributed by atoms with van der Waals surface area (Å²) < 4.78 is 10.9. The highest BCUT2D eigenvalue weighted by Gasteiger charge is 2.39. The highest BCUT2D eigenvalue weighted by atomic mass is 16.7. The minimum absolute atomic E-state index is 0.295. The molecule has 1 aliphatic heterocycles. The first kappa shape index (κ1) is 21.9. The van der Waals surface area contributed by atoms with Gasteiger partial charge in [-0.1, -0.05) is 66.7 Å². The van der Waals surface area contributed by atoms with Crippen LogP contribution in [0, 0.1) is 0 Å². The van der Waals surface area contributed by atoms with Gasteiger partial charge in [-0.25, -0.2) is 0 Å². The molecule has 32 heavy (non-hydrogen) atoms. The molecule has 0 radical (unpaired) electrons. The molecule has 0 aromatic heterocycles. The predicted molar refractivity (Wildman–Crippen MR) is 126 cm³/mol. The van der Waals surface area contributed by atoms with Crippen molar-refractivity contribution in [3.05, 3.63) is 95.6 Å². The molecule has 0 aliphatic carbocycles. The molecule has 0 saturated carbocycles. The predicted octanol–water partition coefficient (Wildman–Crippen LogP) is 4.14. The van der Waals surface area contributed by atoms with Crippen molar-refractivity contribution in [1.82, 2.24) is 4.90 Å². The van der Waals surface area contributed by atoms with Crippen LogP contribution in [0.25, 0.3) is 0 Å². The second kappa shape index (κ2) is 9.88. The van der Waals surface area contributed by atoms with E-state index in [9.17, 15) is 4.79 Å². The van der Waals surface area contributed by atoms with Gasteiger partial charge in [-0.15, -0.1) is 0 Å². The average molecular weight is 431 g/mol. The lowest BCUT2D eigenvalue weighted by Gasteiger charge is -2.32. The molecular weight excluding hydrogens is 400 g/mol. The maximum absolute atomic E-state index is 12.9. The summed E-state index contributed by atoms with van der Waals surface area (Å²) in [7, 11) is 2.12. The van der Waals surface area contributed by atoms with Crippen LogP contribution in [0.2, 0.25) is 0 Å². The molecule has 0 unspecified atom stereocenters. The highest BCUT2D eigenvalue weighted by Crippen LogP contribution is 2.37. The molecule has 1 heterocycles. The number of amides is 1. The van der Waals surface area contributed by atoms with Crippen LogP contribution in [0.3, 0.4) is 0 Å². The van der Waals surface area contributed by atoms with Crippen LogP contribution in [-0.4, -0.2) is 37.7 Å². The molecule has 1 amide bonds. The number of rotatable bonds is 10. The number of hydrogen-bond donors (Lipinski definition) is 1. The Morgan fingerprint density at radius 2 is 1.53 bits per heavy atom.